The van der Waals surface area contributed by atoms with Crippen LogP contribution in [0.5, 0.6) is 0 Å². The van der Waals surface area contributed by atoms with E-state index in [9.17, 15) is 14.4 Å². The Morgan fingerprint density at radius 1 is 0.812 bits per heavy atom. The molecule has 0 spiro atoms. The third kappa shape index (κ3) is 2.94. The molecule has 0 bridgehead atoms. The first-order valence-electron chi connectivity index (χ1n) is 3.78. The van der Waals surface area contributed by atoms with E-state index >= 15 is 0 Å². The molecule has 6 nitrogen and oxygen atoms in total. The number of carboxylic acid groups (broad SMARTS) is 3. The van der Waals surface area contributed by atoms with Gasteiger partial charge in [-0.25, -0.2) is 14.4 Å². The quantitative estimate of drug-likeness (QED) is 0.646. The van der Waals surface area contributed by atoms with Crippen LogP contribution in [0.15, 0.2) is 18.2 Å². The van der Waals surface area contributed by atoms with Crippen LogP contribution in [-0.4, -0.2) is 71.0 Å². The van der Waals surface area contributed by atoms with Gasteiger partial charge in [0.2, 0.25) is 0 Å². The maximum absolute atomic E-state index is 10.7. The summed E-state index contributed by atoms with van der Waals surface area (Å²) in [5.41, 5.74) is -1.79. The molecule has 0 aliphatic carbocycles. The Morgan fingerprint density at radius 2 is 1.19 bits per heavy atom. The molecule has 0 amide bonds. The van der Waals surface area contributed by atoms with Gasteiger partial charge >= 0.3 is 55.6 Å². The van der Waals surface area contributed by atoms with Crippen LogP contribution in [0, 0.1) is 0 Å². The Morgan fingerprint density at radius 3 is 1.44 bits per heavy atom. The van der Waals surface area contributed by atoms with Crippen molar-refractivity contribution >= 4 is 55.6 Å². The van der Waals surface area contributed by atoms with Gasteiger partial charge in [0.05, 0.1) is 16.7 Å². The summed E-state index contributed by atoms with van der Waals surface area (Å²) in [5, 5.41) is 26.0. The third-order valence-corrected chi connectivity index (χ3v) is 1.74. The summed E-state index contributed by atoms with van der Waals surface area (Å²) in [6.07, 6.45) is 0. The summed E-state index contributed by atoms with van der Waals surface area (Å²) in [7, 11) is 0. The molecule has 1 rings (SSSR count). The first-order valence-corrected chi connectivity index (χ1v) is 3.78. The van der Waals surface area contributed by atoms with E-state index in [1.54, 1.807) is 0 Å². The van der Waals surface area contributed by atoms with Gasteiger partial charge in [-0.3, -0.25) is 0 Å². The summed E-state index contributed by atoms with van der Waals surface area (Å²) >= 11 is 0. The summed E-state index contributed by atoms with van der Waals surface area (Å²) in [6, 6.07) is 3.26. The second-order valence-corrected chi connectivity index (χ2v) is 2.64. The van der Waals surface area contributed by atoms with Crippen molar-refractivity contribution < 1.29 is 29.7 Å². The molecule has 1 aromatic carbocycles. The summed E-state index contributed by atoms with van der Waals surface area (Å²) in [5.74, 6) is -4.53. The van der Waals surface area contributed by atoms with E-state index in [2.05, 4.69) is 0 Å². The van der Waals surface area contributed by atoms with E-state index in [4.69, 9.17) is 15.3 Å². The second-order valence-electron chi connectivity index (χ2n) is 2.64. The van der Waals surface area contributed by atoms with Crippen LogP contribution >= 0.6 is 0 Å². The summed E-state index contributed by atoms with van der Waals surface area (Å²) in [4.78, 5) is 32.0. The molecule has 0 saturated heterocycles. The van der Waals surface area contributed by atoms with Gasteiger partial charge in [0.25, 0.3) is 0 Å². The molecule has 0 atom stereocenters. The van der Waals surface area contributed by atoms with Crippen LogP contribution < -0.4 is 0 Å². The van der Waals surface area contributed by atoms with E-state index in [1.165, 1.54) is 6.07 Å². The molecule has 16 heavy (non-hydrogen) atoms. The molecule has 0 unspecified atom stereocenters. The van der Waals surface area contributed by atoms with E-state index in [0.29, 0.717) is 0 Å². The molecule has 7 heteroatoms. The van der Waals surface area contributed by atoms with Crippen LogP contribution in [0.1, 0.15) is 31.1 Å². The van der Waals surface area contributed by atoms with Crippen LogP contribution in [0.25, 0.3) is 0 Å². The molecular weight excluding hydrogens is 244 g/mol. The van der Waals surface area contributed by atoms with Crippen LogP contribution in [0.2, 0.25) is 0 Å². The molecule has 0 aromatic heterocycles. The van der Waals surface area contributed by atoms with Crippen molar-refractivity contribution in [2.24, 2.45) is 0 Å². The zero-order chi connectivity index (χ0) is 11.6. The number of benzene rings is 1. The van der Waals surface area contributed by atoms with Gasteiger partial charge in [0.15, 0.2) is 0 Å². The van der Waals surface area contributed by atoms with Gasteiger partial charge in [0.1, 0.15) is 0 Å². The fourth-order valence-corrected chi connectivity index (χ4v) is 1.14. The van der Waals surface area contributed by atoms with Crippen molar-refractivity contribution in [2.75, 3.05) is 0 Å². The van der Waals surface area contributed by atoms with Crippen molar-refractivity contribution in [3.8, 4) is 0 Å². The SMILES string of the molecule is O=C(O)c1cccc(C(=O)O)c1C(=O)O.[CaH2]. The molecule has 0 aliphatic rings. The van der Waals surface area contributed by atoms with E-state index in [0.717, 1.165) is 12.1 Å². The fourth-order valence-electron chi connectivity index (χ4n) is 1.14. The maximum atomic E-state index is 10.7. The number of carboxylic acids is 3. The zero-order valence-corrected chi connectivity index (χ0v) is 7.30. The van der Waals surface area contributed by atoms with Crippen LogP contribution in [0.4, 0.5) is 0 Å². The van der Waals surface area contributed by atoms with E-state index in [-0.39, 0.29) is 37.7 Å². The number of carbonyl (C=O) groups is 3. The minimum absolute atomic E-state index is 0. The first-order chi connectivity index (χ1) is 6.95. The van der Waals surface area contributed by atoms with Gasteiger partial charge in [-0.15, -0.1) is 0 Å². The fraction of sp³-hybridized carbons (Fsp3) is 0. The van der Waals surface area contributed by atoms with Gasteiger partial charge in [-0.05, 0) is 12.1 Å². The molecule has 3 N–H and O–H groups in total. The van der Waals surface area contributed by atoms with Gasteiger partial charge in [-0.2, -0.15) is 0 Å². The average molecular weight is 252 g/mol. The Bertz CT molecular complexity index is 421. The normalized spacial score (nSPS) is 9.00. The van der Waals surface area contributed by atoms with E-state index < -0.39 is 34.6 Å². The summed E-state index contributed by atoms with van der Waals surface area (Å²) < 4.78 is 0. The van der Waals surface area contributed by atoms with Gasteiger partial charge < -0.3 is 15.3 Å². The van der Waals surface area contributed by atoms with Crippen LogP contribution in [0.3, 0.4) is 0 Å². The first kappa shape index (κ1) is 14.9. The van der Waals surface area contributed by atoms with Crippen molar-refractivity contribution in [3.05, 3.63) is 34.9 Å². The number of hydrogen-bond donors (Lipinski definition) is 3. The van der Waals surface area contributed by atoms with Crippen molar-refractivity contribution in [2.45, 2.75) is 0 Å². The average Bonchev–Trinajstić information content (AvgIpc) is 2.16. The summed E-state index contributed by atoms with van der Waals surface area (Å²) in [6.45, 7) is 0. The molecule has 0 aliphatic heterocycles. The topological polar surface area (TPSA) is 112 Å². The third-order valence-electron chi connectivity index (χ3n) is 1.74. The Labute approximate surface area is 120 Å². The monoisotopic (exact) mass is 252 g/mol. The molecular formula is C9H8CaO6. The predicted molar refractivity (Wildman–Crippen MR) is 55.9 cm³/mol. The standard InChI is InChI=1S/C9H6O6.Ca.2H/c10-7(11)4-2-1-3-5(8(12)13)6(4)9(14)15;;;/h1-3H,(H,10,11)(H,12,13)(H,14,15);;;. The van der Waals surface area contributed by atoms with E-state index in [1.807, 2.05) is 0 Å². The molecule has 82 valence electrons. The Balaban J connectivity index is 0.00000225. The van der Waals surface area contributed by atoms with Crippen LogP contribution in [-0.2, 0) is 0 Å². The van der Waals surface area contributed by atoms with Crippen molar-refractivity contribution in [3.63, 3.8) is 0 Å². The molecule has 0 heterocycles. The Hall–Kier alpha value is -1.11. The molecule has 0 fully saturated rings. The van der Waals surface area contributed by atoms with Crippen molar-refractivity contribution in [1.29, 1.82) is 0 Å². The second kappa shape index (κ2) is 5.83. The molecule has 0 radical (unpaired) electrons. The molecule has 1 aromatic rings. The van der Waals surface area contributed by atoms with Gasteiger partial charge in [0, 0.05) is 0 Å². The predicted octanol–water partition coefficient (Wildman–Crippen LogP) is -0.135. The minimum atomic E-state index is -1.58. The molecule has 0 saturated carbocycles. The Kier molecular flexibility index (Phi) is 5.43. The van der Waals surface area contributed by atoms with Gasteiger partial charge in [-0.1, -0.05) is 6.07 Å². The number of hydrogen-bond acceptors (Lipinski definition) is 3. The number of aromatic carboxylic acids is 3. The zero-order valence-electron chi connectivity index (χ0n) is 7.30. The van der Waals surface area contributed by atoms with Crippen molar-refractivity contribution in [1.82, 2.24) is 0 Å². The number of rotatable bonds is 3.